The first kappa shape index (κ1) is 172. The molecular weight excluding hydrogens is 1130 g/mol. The SMILES string of the molecule is C=O.C=O.C=O.C=O.C=O.C=O.C=O.C=O.C=O.C=O.CC(=O)N1CCCCC1.CC(C)C.CC(C)C.CC(C)O.CCC(C)C.CCC(C)C.CCOC(C)(C)C.CCc1ccccc1.CCc1ccccc1.CN.CN.CN.CN.N.N.N.N.N.N. The van der Waals surface area contributed by atoms with Crippen LogP contribution in [-0.2, 0) is 70.3 Å². The van der Waals surface area contributed by atoms with Crippen molar-refractivity contribution in [3.05, 3.63) is 71.8 Å². The highest BCUT2D eigenvalue weighted by Gasteiger charge is 2.11. The second-order valence-corrected chi connectivity index (χ2v) is 17.0. The lowest BCUT2D eigenvalue weighted by Gasteiger charge is -2.24. The van der Waals surface area contributed by atoms with Crippen molar-refractivity contribution < 1.29 is 62.6 Å². The largest absolute Gasteiger partial charge is 0.394 e. The van der Waals surface area contributed by atoms with Gasteiger partial charge in [-0.15, -0.1) is 0 Å². The van der Waals surface area contributed by atoms with Crippen LogP contribution in [0.3, 0.4) is 0 Å². The van der Waals surface area contributed by atoms with E-state index >= 15 is 0 Å². The van der Waals surface area contributed by atoms with Crippen molar-refractivity contribution in [3.8, 4) is 0 Å². The molecule has 0 radical (unpaired) electrons. The molecule has 0 bridgehead atoms. The fourth-order valence-electron chi connectivity index (χ4n) is 3.07. The van der Waals surface area contributed by atoms with Gasteiger partial charge in [0.15, 0.2) is 0 Å². The fourth-order valence-corrected chi connectivity index (χ4v) is 3.07. The summed E-state index contributed by atoms with van der Waals surface area (Å²) in [6.45, 7) is 66.6. The number of likely N-dealkylation sites (tertiary alicyclic amines) is 1. The van der Waals surface area contributed by atoms with Crippen LogP contribution < -0.4 is 59.8 Å². The maximum atomic E-state index is 10.7. The summed E-state index contributed by atoms with van der Waals surface area (Å²) >= 11 is 0. The average molecular weight is 1290 g/mol. The number of aliphatic hydroxyl groups is 1. The zero-order chi connectivity index (χ0) is 71.5. The molecule has 1 saturated heterocycles. The Kier molecular flexibility index (Phi) is 438. The van der Waals surface area contributed by atoms with Crippen LogP contribution in [0.25, 0.3) is 0 Å². The second-order valence-electron chi connectivity index (χ2n) is 17.0. The number of ether oxygens (including phenoxy) is 1. The molecule has 0 aromatic heterocycles. The highest BCUT2D eigenvalue weighted by Crippen LogP contribution is 2.08. The maximum absolute atomic E-state index is 10.7. The van der Waals surface area contributed by atoms with E-state index in [1.54, 1.807) is 20.8 Å². The molecule has 24 heteroatoms. The summed E-state index contributed by atoms with van der Waals surface area (Å²) in [4.78, 5) is 92.6. The van der Waals surface area contributed by atoms with Crippen LogP contribution in [0.5, 0.6) is 0 Å². The summed E-state index contributed by atoms with van der Waals surface area (Å²) < 4.78 is 5.23. The zero-order valence-corrected chi connectivity index (χ0v) is 62.1. The maximum Gasteiger partial charge on any atom is 0.219 e. The van der Waals surface area contributed by atoms with Gasteiger partial charge >= 0.3 is 0 Å². The number of rotatable bonds is 5. The number of amides is 1. The molecular formula is C64H157N11O13. The molecule has 27 N–H and O–H groups in total. The lowest BCUT2D eigenvalue weighted by atomic mass is 10.1. The normalized spacial score (nSPS) is 7.69. The van der Waals surface area contributed by atoms with Crippen LogP contribution in [0.2, 0.25) is 0 Å². The Morgan fingerprint density at radius 3 is 0.659 bits per heavy atom. The first-order valence-electron chi connectivity index (χ1n) is 26.8. The van der Waals surface area contributed by atoms with E-state index in [4.69, 9.17) is 57.8 Å². The third-order valence-corrected chi connectivity index (χ3v) is 6.51. The lowest BCUT2D eigenvalue weighted by Crippen LogP contribution is -2.33. The van der Waals surface area contributed by atoms with Crippen LogP contribution in [-0.4, -0.2) is 143 Å². The number of hydrogen-bond acceptors (Lipinski definition) is 23. The van der Waals surface area contributed by atoms with Gasteiger partial charge in [0, 0.05) is 32.7 Å². The van der Waals surface area contributed by atoms with E-state index in [0.29, 0.717) is 0 Å². The molecule has 24 nitrogen and oxygen atoms in total. The zero-order valence-electron chi connectivity index (χ0n) is 62.1. The van der Waals surface area contributed by atoms with Crippen LogP contribution in [0.15, 0.2) is 60.7 Å². The number of carbonyl (C=O) groups is 11. The monoisotopic (exact) mass is 1290 g/mol. The highest BCUT2D eigenvalue weighted by molar-refractivity contribution is 5.73. The second kappa shape index (κ2) is 225. The summed E-state index contributed by atoms with van der Waals surface area (Å²) in [7, 11) is 6.00. The minimum absolute atomic E-state index is 0. The van der Waals surface area contributed by atoms with Gasteiger partial charge < -0.3 is 123 Å². The summed E-state index contributed by atoms with van der Waals surface area (Å²) in [5.41, 5.74) is 20.9. The van der Waals surface area contributed by atoms with Crippen molar-refractivity contribution in [2.24, 2.45) is 46.6 Å². The molecule has 546 valence electrons. The summed E-state index contributed by atoms with van der Waals surface area (Å²) in [5.74, 6) is 3.67. The van der Waals surface area contributed by atoms with E-state index in [-0.39, 0.29) is 54.5 Å². The Morgan fingerprint density at radius 2 is 0.591 bits per heavy atom. The number of aliphatic hydroxyl groups excluding tert-OH is 1. The van der Waals surface area contributed by atoms with E-state index < -0.39 is 0 Å². The predicted molar refractivity (Wildman–Crippen MR) is 390 cm³/mol. The molecule has 1 aliphatic rings. The average Bonchev–Trinajstić information content (AvgIpc) is 3.53. The Hall–Kier alpha value is -5.87. The first-order valence-corrected chi connectivity index (χ1v) is 26.8. The van der Waals surface area contributed by atoms with Gasteiger partial charge in [-0.2, -0.15) is 0 Å². The molecule has 0 saturated carbocycles. The van der Waals surface area contributed by atoms with Gasteiger partial charge in [0.25, 0.3) is 0 Å². The first-order chi connectivity index (χ1) is 39.0. The number of nitrogens with two attached hydrogens (primary N) is 4. The standard InChI is InChI=1S/2C8H10.C7H13NO.C6H14O.2C5H12.2C4H10.C3H8O.4CH5N.10CH2O.6H3N/c2*1-2-8-6-4-3-5-7-8;1-7(9)8-5-3-2-4-6-8;1-5-7-6(2,3)4;2*1-4-5(2)3;2*1-4(2)3;1-3(2)4;14*1-2;;;;;;/h2*3-7H,2H2,1H3;2-6H2,1H3;5H2,1-4H3;2*5H,4H2,1-3H3;2*4H,1-3H3;3-4H,1-2H3;4*2H2,1H3;10*1H2;6*1H3. The quantitative estimate of drug-likeness (QED) is 0.132. The third kappa shape index (κ3) is 431. The molecule has 0 atom stereocenters. The molecule has 1 heterocycles. The van der Waals surface area contributed by atoms with E-state index in [1.807, 2.05) is 91.8 Å². The van der Waals surface area contributed by atoms with Crippen molar-refractivity contribution in [1.82, 2.24) is 41.8 Å². The number of piperidine rings is 1. The molecule has 0 aliphatic carbocycles. The van der Waals surface area contributed by atoms with Crippen LogP contribution in [0.1, 0.15) is 189 Å². The molecule has 2 aromatic rings. The summed E-state index contributed by atoms with van der Waals surface area (Å²) in [6, 6.07) is 20.9. The van der Waals surface area contributed by atoms with Crippen LogP contribution >= 0.6 is 0 Å². The van der Waals surface area contributed by atoms with E-state index in [1.165, 1.54) is 71.4 Å². The molecule has 88 heavy (non-hydrogen) atoms. The minimum Gasteiger partial charge on any atom is -0.394 e. The number of carbonyl (C=O) groups excluding carboxylic acids is 11. The third-order valence-electron chi connectivity index (χ3n) is 6.51. The number of aryl methyl sites for hydroxylation is 2. The molecule has 0 spiro atoms. The molecule has 1 fully saturated rings. The lowest BCUT2D eigenvalue weighted by molar-refractivity contribution is -0.129. The molecule has 3 rings (SSSR count). The number of hydrogen-bond donors (Lipinski definition) is 11. The Morgan fingerprint density at radius 1 is 0.432 bits per heavy atom. The number of benzene rings is 2. The van der Waals surface area contributed by atoms with Gasteiger partial charge in [0.1, 0.15) is 67.9 Å². The molecule has 1 aliphatic heterocycles. The Bertz CT molecular complexity index is 1050. The fraction of sp³-hybridized carbons (Fsp3) is 0.641. The van der Waals surface area contributed by atoms with Crippen molar-refractivity contribution >= 4 is 73.8 Å². The topological polar surface area (TPSA) is 535 Å². The van der Waals surface area contributed by atoms with Crippen molar-refractivity contribution in [3.63, 3.8) is 0 Å². The van der Waals surface area contributed by atoms with Gasteiger partial charge in [-0.05, 0) is 137 Å². The molecule has 0 unspecified atom stereocenters. The number of nitrogens with zero attached hydrogens (tertiary/aromatic N) is 1. The van der Waals surface area contributed by atoms with Gasteiger partial charge in [-0.25, -0.2) is 0 Å². The van der Waals surface area contributed by atoms with Crippen molar-refractivity contribution in [1.29, 1.82) is 0 Å². The van der Waals surface area contributed by atoms with Gasteiger partial charge in [-0.1, -0.05) is 170 Å². The summed E-state index contributed by atoms with van der Waals surface area (Å²) in [5, 5.41) is 8.06. The highest BCUT2D eigenvalue weighted by atomic mass is 16.5. The van der Waals surface area contributed by atoms with Gasteiger partial charge in [-0.3, -0.25) is 4.79 Å². The van der Waals surface area contributed by atoms with Crippen LogP contribution in [0, 0.1) is 23.7 Å². The van der Waals surface area contributed by atoms with E-state index in [9.17, 15) is 4.79 Å². The van der Waals surface area contributed by atoms with E-state index in [2.05, 4.69) is 189 Å². The molecule has 2 aromatic carbocycles. The van der Waals surface area contributed by atoms with Gasteiger partial charge in [0.05, 0.1) is 5.60 Å². The Labute approximate surface area is 544 Å². The van der Waals surface area contributed by atoms with Crippen molar-refractivity contribution in [2.75, 3.05) is 47.9 Å². The van der Waals surface area contributed by atoms with Gasteiger partial charge in [0.2, 0.25) is 5.91 Å². The van der Waals surface area contributed by atoms with E-state index in [0.717, 1.165) is 56.2 Å². The summed E-state index contributed by atoms with van der Waals surface area (Å²) in [6.07, 6.45) is 8.41. The molecule has 1 amide bonds. The minimum atomic E-state index is -0.167. The van der Waals surface area contributed by atoms with Crippen molar-refractivity contribution in [2.45, 2.75) is 202 Å². The smallest absolute Gasteiger partial charge is 0.219 e. The predicted octanol–water partition coefficient (Wildman–Crippen LogP) is 12.6. The van der Waals surface area contributed by atoms with Crippen LogP contribution in [0.4, 0.5) is 0 Å². The Balaban J connectivity index is -0.0000000195.